The van der Waals surface area contributed by atoms with Crippen molar-refractivity contribution in [3.8, 4) is 0 Å². The molecule has 0 saturated heterocycles. The molecule has 16 heavy (non-hydrogen) atoms. The van der Waals surface area contributed by atoms with Crippen LogP contribution in [-0.2, 0) is 0 Å². The van der Waals surface area contributed by atoms with Crippen molar-refractivity contribution in [1.29, 1.82) is 0 Å². The number of nitrogens with zero attached hydrogens (tertiary/aromatic N) is 1. The molecule has 88 valence electrons. The Balaban J connectivity index is 3.12. The highest BCUT2D eigenvalue weighted by Gasteiger charge is 2.32. The quantitative estimate of drug-likeness (QED) is 0.748. The molecule has 0 heterocycles. The lowest BCUT2D eigenvalue weighted by molar-refractivity contribution is -0.0686. The third kappa shape index (κ3) is 2.56. The molecule has 0 aliphatic heterocycles. The molecule has 0 saturated carbocycles. The van der Waals surface area contributed by atoms with Gasteiger partial charge in [-0.2, -0.15) is 13.2 Å². The maximum atomic E-state index is 12.4. The second kappa shape index (κ2) is 4.20. The average molecular weight is 229 g/mol. The largest absolute Gasteiger partial charge is 0.416 e. The molecule has 0 unspecified atom stereocenters. The fourth-order valence-electron chi connectivity index (χ4n) is 1.51. The molecule has 0 fully saturated rings. The number of rotatable bonds is 2. The SMILES string of the molecule is C=C(c1ccc(N(C)C)c(C)c1)C(F)(F)F. The van der Waals surface area contributed by atoms with Crippen molar-refractivity contribution in [3.63, 3.8) is 0 Å². The Kier molecular flexibility index (Phi) is 3.31. The Labute approximate surface area is 93.2 Å². The smallest absolute Gasteiger partial charge is 0.377 e. The number of hydrogen-bond acceptors (Lipinski definition) is 1. The average Bonchev–Trinajstić information content (AvgIpc) is 2.14. The van der Waals surface area contributed by atoms with Crippen LogP contribution in [0.3, 0.4) is 0 Å². The second-order valence-electron chi connectivity index (χ2n) is 3.87. The lowest BCUT2D eigenvalue weighted by Crippen LogP contribution is -2.12. The van der Waals surface area contributed by atoms with Crippen LogP contribution >= 0.6 is 0 Å². The van der Waals surface area contributed by atoms with E-state index in [-0.39, 0.29) is 5.56 Å². The van der Waals surface area contributed by atoms with Gasteiger partial charge in [-0.05, 0) is 30.2 Å². The third-order valence-corrected chi connectivity index (χ3v) is 2.37. The van der Waals surface area contributed by atoms with Gasteiger partial charge in [-0.25, -0.2) is 0 Å². The molecule has 0 aromatic heterocycles. The molecule has 0 bridgehead atoms. The molecule has 0 aliphatic carbocycles. The minimum Gasteiger partial charge on any atom is -0.377 e. The van der Waals surface area contributed by atoms with E-state index in [1.165, 1.54) is 12.1 Å². The number of halogens is 3. The maximum absolute atomic E-state index is 12.4. The van der Waals surface area contributed by atoms with Crippen molar-refractivity contribution in [2.45, 2.75) is 13.1 Å². The van der Waals surface area contributed by atoms with Crippen LogP contribution < -0.4 is 4.90 Å². The van der Waals surface area contributed by atoms with Crippen molar-refractivity contribution in [1.82, 2.24) is 0 Å². The Morgan fingerprint density at radius 1 is 1.25 bits per heavy atom. The molecule has 1 aromatic rings. The van der Waals surface area contributed by atoms with Crippen molar-refractivity contribution in [2.24, 2.45) is 0 Å². The molecule has 1 rings (SSSR count). The van der Waals surface area contributed by atoms with Gasteiger partial charge >= 0.3 is 6.18 Å². The van der Waals surface area contributed by atoms with Crippen LogP contribution in [0.2, 0.25) is 0 Å². The monoisotopic (exact) mass is 229 g/mol. The molecule has 4 heteroatoms. The van der Waals surface area contributed by atoms with Crippen LogP contribution in [0.1, 0.15) is 11.1 Å². The number of alkyl halides is 3. The molecule has 0 N–H and O–H groups in total. The molecule has 0 spiro atoms. The predicted octanol–water partition coefficient (Wildman–Crippen LogP) is 3.64. The van der Waals surface area contributed by atoms with Crippen molar-refractivity contribution in [3.05, 3.63) is 35.9 Å². The number of aryl methyl sites for hydroxylation is 1. The van der Waals surface area contributed by atoms with Gasteiger partial charge in [0.15, 0.2) is 0 Å². The summed E-state index contributed by atoms with van der Waals surface area (Å²) in [5.41, 5.74) is 1.02. The summed E-state index contributed by atoms with van der Waals surface area (Å²) in [4.78, 5) is 1.86. The van der Waals surface area contributed by atoms with Gasteiger partial charge in [0.05, 0.1) is 5.57 Å². The molecular formula is C12H14F3N. The molecule has 0 aliphatic rings. The summed E-state index contributed by atoms with van der Waals surface area (Å²) in [6.07, 6.45) is -4.37. The van der Waals surface area contributed by atoms with Gasteiger partial charge in [-0.3, -0.25) is 0 Å². The zero-order valence-electron chi connectivity index (χ0n) is 9.52. The fraction of sp³-hybridized carbons (Fsp3) is 0.333. The Morgan fingerprint density at radius 2 is 1.81 bits per heavy atom. The Morgan fingerprint density at radius 3 is 2.19 bits per heavy atom. The molecule has 1 aromatic carbocycles. The first-order valence-electron chi connectivity index (χ1n) is 4.78. The highest BCUT2D eigenvalue weighted by atomic mass is 19.4. The molecule has 1 nitrogen and oxygen atoms in total. The molecular weight excluding hydrogens is 215 g/mol. The third-order valence-electron chi connectivity index (χ3n) is 2.37. The van der Waals surface area contributed by atoms with E-state index in [1.54, 1.807) is 13.0 Å². The van der Waals surface area contributed by atoms with Crippen molar-refractivity contribution >= 4 is 11.3 Å². The maximum Gasteiger partial charge on any atom is 0.416 e. The summed E-state index contributed by atoms with van der Waals surface area (Å²) in [6.45, 7) is 4.85. The van der Waals surface area contributed by atoms with E-state index in [4.69, 9.17) is 0 Å². The first-order valence-corrected chi connectivity index (χ1v) is 4.78. The van der Waals surface area contributed by atoms with Gasteiger partial charge in [-0.15, -0.1) is 0 Å². The van der Waals surface area contributed by atoms with Gasteiger partial charge in [0.2, 0.25) is 0 Å². The molecule has 0 radical (unpaired) electrons. The number of allylic oxidation sites excluding steroid dienone is 1. The van der Waals surface area contributed by atoms with Crippen molar-refractivity contribution < 1.29 is 13.2 Å². The minimum absolute atomic E-state index is 0.121. The summed E-state index contributed by atoms with van der Waals surface area (Å²) in [5, 5.41) is 0. The summed E-state index contributed by atoms with van der Waals surface area (Å²) in [5.74, 6) is 0. The summed E-state index contributed by atoms with van der Waals surface area (Å²) in [6, 6.07) is 4.62. The number of hydrogen-bond donors (Lipinski definition) is 0. The van der Waals surface area contributed by atoms with E-state index in [0.717, 1.165) is 11.3 Å². The lowest BCUT2D eigenvalue weighted by atomic mass is 10.0. The Bertz CT molecular complexity index is 405. The standard InChI is InChI=1S/C12H14F3N/c1-8-7-10(9(2)12(13,14)15)5-6-11(8)16(3)4/h5-7H,2H2,1,3-4H3. The topological polar surface area (TPSA) is 3.24 Å². The first kappa shape index (κ1) is 12.6. The predicted molar refractivity (Wildman–Crippen MR) is 60.6 cm³/mol. The van der Waals surface area contributed by atoms with E-state index < -0.39 is 11.7 Å². The van der Waals surface area contributed by atoms with Gasteiger partial charge in [-0.1, -0.05) is 12.6 Å². The van der Waals surface area contributed by atoms with E-state index in [0.29, 0.717) is 0 Å². The molecule has 0 amide bonds. The highest BCUT2D eigenvalue weighted by Crippen LogP contribution is 2.33. The first-order chi connectivity index (χ1) is 7.23. The summed E-state index contributed by atoms with van der Waals surface area (Å²) < 4.78 is 37.2. The Hall–Kier alpha value is -1.45. The van der Waals surface area contributed by atoms with Crippen molar-refractivity contribution in [2.75, 3.05) is 19.0 Å². The fourth-order valence-corrected chi connectivity index (χ4v) is 1.51. The summed E-state index contributed by atoms with van der Waals surface area (Å²) in [7, 11) is 3.70. The van der Waals surface area contributed by atoms with Gasteiger partial charge in [0.1, 0.15) is 0 Å². The zero-order valence-corrected chi connectivity index (χ0v) is 9.52. The summed E-state index contributed by atoms with van der Waals surface area (Å²) >= 11 is 0. The molecule has 0 atom stereocenters. The zero-order chi connectivity index (χ0) is 12.5. The van der Waals surface area contributed by atoms with Crippen LogP contribution in [0, 0.1) is 6.92 Å². The van der Waals surface area contributed by atoms with E-state index in [1.807, 2.05) is 19.0 Å². The van der Waals surface area contributed by atoms with Crippen LogP contribution in [0.4, 0.5) is 18.9 Å². The van der Waals surface area contributed by atoms with Crippen LogP contribution in [0.15, 0.2) is 24.8 Å². The number of benzene rings is 1. The van der Waals surface area contributed by atoms with E-state index >= 15 is 0 Å². The van der Waals surface area contributed by atoms with Crippen LogP contribution in [0.25, 0.3) is 5.57 Å². The van der Waals surface area contributed by atoms with E-state index in [9.17, 15) is 13.2 Å². The van der Waals surface area contributed by atoms with Gasteiger partial charge in [0.25, 0.3) is 0 Å². The highest BCUT2D eigenvalue weighted by molar-refractivity contribution is 5.70. The van der Waals surface area contributed by atoms with Crippen LogP contribution in [0.5, 0.6) is 0 Å². The second-order valence-corrected chi connectivity index (χ2v) is 3.87. The van der Waals surface area contributed by atoms with Crippen LogP contribution in [-0.4, -0.2) is 20.3 Å². The lowest BCUT2D eigenvalue weighted by Gasteiger charge is -2.17. The minimum atomic E-state index is -4.37. The van der Waals surface area contributed by atoms with E-state index in [2.05, 4.69) is 6.58 Å². The van der Waals surface area contributed by atoms with Gasteiger partial charge in [0, 0.05) is 19.8 Å². The normalized spacial score (nSPS) is 11.4. The van der Waals surface area contributed by atoms with Gasteiger partial charge < -0.3 is 4.90 Å². The number of anilines is 1.